The molecule has 0 spiro atoms. The maximum absolute atomic E-state index is 13.8. The van der Waals surface area contributed by atoms with E-state index in [1.54, 1.807) is 4.57 Å². The van der Waals surface area contributed by atoms with Gasteiger partial charge in [-0.15, -0.1) is 0 Å². The predicted octanol–water partition coefficient (Wildman–Crippen LogP) is 1.23. The Morgan fingerprint density at radius 3 is 2.90 bits per heavy atom. The minimum absolute atomic E-state index is 0.0597. The molecule has 1 aliphatic heterocycles. The minimum atomic E-state index is -3.37. The number of nitrogens with two attached hydrogens (primary N) is 1. The number of sulfonamides is 1. The lowest BCUT2D eigenvalue weighted by molar-refractivity contribution is 0.356. The molecule has 1 aromatic carbocycles. The molecule has 0 saturated carbocycles. The van der Waals surface area contributed by atoms with Gasteiger partial charge in [-0.25, -0.2) is 18.1 Å². The molecule has 4 rings (SSSR count). The number of nitrogens with zero attached hydrogens (tertiary/aromatic N) is 4. The zero-order valence-corrected chi connectivity index (χ0v) is 18.4. The van der Waals surface area contributed by atoms with Crippen molar-refractivity contribution >= 4 is 49.6 Å². The van der Waals surface area contributed by atoms with Crippen molar-refractivity contribution in [1.82, 2.24) is 24.2 Å². The molecule has 0 saturated heterocycles. The summed E-state index contributed by atoms with van der Waals surface area (Å²) < 4.78 is 47.4. The van der Waals surface area contributed by atoms with E-state index in [0.717, 1.165) is 27.6 Å². The average molecular weight is 532 g/mol. The van der Waals surface area contributed by atoms with E-state index < -0.39 is 16.1 Å². The number of anilines is 1. The fraction of sp³-hybridized carbons (Fsp3) is 0.353. The third kappa shape index (κ3) is 4.28. The van der Waals surface area contributed by atoms with Crippen LogP contribution in [0.4, 0.5) is 10.2 Å². The van der Waals surface area contributed by atoms with E-state index in [4.69, 9.17) is 10.5 Å². The number of hydrogen-bond acceptors (Lipinski definition) is 7. The lowest BCUT2D eigenvalue weighted by Gasteiger charge is -2.11. The Bertz CT molecular complexity index is 1210. The van der Waals surface area contributed by atoms with E-state index in [1.165, 1.54) is 5.56 Å². The minimum Gasteiger partial charge on any atom is -0.493 e. The van der Waals surface area contributed by atoms with Crippen molar-refractivity contribution in [3.05, 3.63) is 38.7 Å². The standard InChI is InChI=1S/C17H18FIN6O3S/c1-29(26,27)21-3-4-25-13(22-14-15(20)23-17(18)24-16(14)25)8-10-7-12-9(2-5-28-12)6-11(10)19/h6-7,21H,2-5,8H2,1H3,(H2,20,23,24). The number of ether oxygens (including phenoxy) is 1. The highest BCUT2D eigenvalue weighted by Gasteiger charge is 2.20. The first kappa shape index (κ1) is 20.2. The lowest BCUT2D eigenvalue weighted by Crippen LogP contribution is -2.26. The van der Waals surface area contributed by atoms with Crippen LogP contribution >= 0.6 is 22.6 Å². The Balaban J connectivity index is 1.75. The number of imidazole rings is 1. The number of halogens is 2. The van der Waals surface area contributed by atoms with E-state index in [1.807, 2.05) is 6.07 Å². The monoisotopic (exact) mass is 532 g/mol. The molecule has 0 radical (unpaired) electrons. The van der Waals surface area contributed by atoms with Crippen LogP contribution in [-0.2, 0) is 29.4 Å². The summed E-state index contributed by atoms with van der Waals surface area (Å²) in [6.07, 6.45) is 1.42. The Labute approximate surface area is 180 Å². The average Bonchev–Trinajstić information content (AvgIpc) is 3.19. The quantitative estimate of drug-likeness (QED) is 0.362. The third-order valence-electron chi connectivity index (χ3n) is 4.58. The van der Waals surface area contributed by atoms with Crippen LogP contribution in [0.2, 0.25) is 0 Å². The second-order valence-electron chi connectivity index (χ2n) is 6.72. The molecule has 12 heteroatoms. The Hall–Kier alpha value is -2.06. The topological polar surface area (TPSA) is 125 Å². The van der Waals surface area contributed by atoms with Crippen LogP contribution in [0.1, 0.15) is 17.0 Å². The highest BCUT2D eigenvalue weighted by atomic mass is 127. The highest BCUT2D eigenvalue weighted by Crippen LogP contribution is 2.31. The van der Waals surface area contributed by atoms with Gasteiger partial charge < -0.3 is 15.0 Å². The van der Waals surface area contributed by atoms with Crippen LogP contribution in [0.3, 0.4) is 0 Å². The van der Waals surface area contributed by atoms with Gasteiger partial charge in [-0.1, -0.05) is 0 Å². The van der Waals surface area contributed by atoms with Gasteiger partial charge in [-0.2, -0.15) is 14.4 Å². The van der Waals surface area contributed by atoms with E-state index in [0.29, 0.717) is 18.9 Å². The van der Waals surface area contributed by atoms with E-state index in [9.17, 15) is 12.8 Å². The second kappa shape index (κ2) is 7.65. The first-order valence-corrected chi connectivity index (χ1v) is 11.7. The summed E-state index contributed by atoms with van der Waals surface area (Å²) in [5.41, 5.74) is 8.51. The Kier molecular flexibility index (Phi) is 5.33. The van der Waals surface area contributed by atoms with E-state index in [-0.39, 0.29) is 30.1 Å². The first-order chi connectivity index (χ1) is 13.7. The zero-order chi connectivity index (χ0) is 20.8. The number of benzene rings is 1. The summed E-state index contributed by atoms with van der Waals surface area (Å²) in [4.78, 5) is 11.9. The van der Waals surface area contributed by atoms with Crippen molar-refractivity contribution in [2.24, 2.45) is 0 Å². The fourth-order valence-corrected chi connectivity index (χ4v) is 4.48. The van der Waals surface area contributed by atoms with E-state index >= 15 is 0 Å². The SMILES string of the molecule is CS(=O)(=O)NCCn1c(Cc2cc3c(cc2I)CCO3)nc2c(N)nc(F)nc21. The molecule has 0 fully saturated rings. The molecule has 0 bridgehead atoms. The molecule has 0 unspecified atom stereocenters. The van der Waals surface area contributed by atoms with Crippen LogP contribution in [-0.4, -0.2) is 47.3 Å². The van der Waals surface area contributed by atoms with Gasteiger partial charge in [-0.3, -0.25) is 0 Å². The molecular weight excluding hydrogens is 514 g/mol. The van der Waals surface area contributed by atoms with Gasteiger partial charge in [0, 0.05) is 29.5 Å². The molecule has 9 nitrogen and oxygen atoms in total. The van der Waals surface area contributed by atoms with Crippen LogP contribution in [0, 0.1) is 9.65 Å². The van der Waals surface area contributed by atoms with Gasteiger partial charge in [0.05, 0.1) is 12.9 Å². The molecule has 3 aromatic rings. The van der Waals surface area contributed by atoms with E-state index in [2.05, 4.69) is 48.3 Å². The van der Waals surface area contributed by atoms with Gasteiger partial charge in [0.1, 0.15) is 11.6 Å². The number of nitrogen functional groups attached to an aromatic ring is 1. The van der Waals surface area contributed by atoms with Crippen molar-refractivity contribution in [1.29, 1.82) is 0 Å². The fourth-order valence-electron chi connectivity index (χ4n) is 3.30. The number of aromatic nitrogens is 4. The molecule has 0 atom stereocenters. The largest absolute Gasteiger partial charge is 0.493 e. The number of nitrogens with one attached hydrogen (secondary N) is 1. The Morgan fingerprint density at radius 1 is 1.34 bits per heavy atom. The summed E-state index contributed by atoms with van der Waals surface area (Å²) in [6, 6.07) is 4.07. The first-order valence-electron chi connectivity index (χ1n) is 8.78. The number of hydrogen-bond donors (Lipinski definition) is 2. The maximum atomic E-state index is 13.8. The molecule has 1 aliphatic rings. The van der Waals surface area contributed by atoms with Crippen LogP contribution < -0.4 is 15.2 Å². The molecule has 3 heterocycles. The van der Waals surface area contributed by atoms with Crippen molar-refractivity contribution in [2.45, 2.75) is 19.4 Å². The summed E-state index contributed by atoms with van der Waals surface area (Å²) in [6.45, 7) is 0.982. The van der Waals surface area contributed by atoms with Crippen molar-refractivity contribution < 1.29 is 17.5 Å². The highest BCUT2D eigenvalue weighted by molar-refractivity contribution is 14.1. The summed E-state index contributed by atoms with van der Waals surface area (Å²) in [5.74, 6) is 1.38. The predicted molar refractivity (Wildman–Crippen MR) is 114 cm³/mol. The van der Waals surface area contributed by atoms with Crippen molar-refractivity contribution in [3.8, 4) is 5.75 Å². The van der Waals surface area contributed by atoms with Gasteiger partial charge in [0.15, 0.2) is 17.0 Å². The molecule has 3 N–H and O–H groups in total. The van der Waals surface area contributed by atoms with Gasteiger partial charge in [0.2, 0.25) is 10.0 Å². The number of fused-ring (bicyclic) bond motifs is 2. The Morgan fingerprint density at radius 2 is 2.14 bits per heavy atom. The zero-order valence-electron chi connectivity index (χ0n) is 15.4. The van der Waals surface area contributed by atoms with Crippen LogP contribution in [0.25, 0.3) is 11.2 Å². The van der Waals surface area contributed by atoms with Gasteiger partial charge >= 0.3 is 6.08 Å². The number of rotatable bonds is 6. The van der Waals surface area contributed by atoms with Crippen LogP contribution in [0.5, 0.6) is 5.75 Å². The third-order valence-corrected chi connectivity index (χ3v) is 6.31. The van der Waals surface area contributed by atoms with Crippen LogP contribution in [0.15, 0.2) is 12.1 Å². The maximum Gasteiger partial charge on any atom is 0.312 e. The van der Waals surface area contributed by atoms with Gasteiger partial charge in [-0.05, 0) is 45.9 Å². The molecule has 154 valence electrons. The molecule has 0 aliphatic carbocycles. The molecule has 2 aromatic heterocycles. The summed E-state index contributed by atoms with van der Waals surface area (Å²) in [7, 11) is -3.37. The second-order valence-corrected chi connectivity index (χ2v) is 9.72. The smallest absolute Gasteiger partial charge is 0.312 e. The lowest BCUT2D eigenvalue weighted by atomic mass is 10.1. The molecular formula is C17H18FIN6O3S. The van der Waals surface area contributed by atoms with Crippen molar-refractivity contribution in [3.63, 3.8) is 0 Å². The normalized spacial score (nSPS) is 13.6. The summed E-state index contributed by atoms with van der Waals surface area (Å²) >= 11 is 2.27. The van der Waals surface area contributed by atoms with Gasteiger partial charge in [0.25, 0.3) is 0 Å². The molecule has 0 amide bonds. The van der Waals surface area contributed by atoms with Crippen molar-refractivity contribution in [2.75, 3.05) is 25.1 Å². The molecule has 29 heavy (non-hydrogen) atoms. The summed E-state index contributed by atoms with van der Waals surface area (Å²) in [5, 5.41) is 0.